The Morgan fingerprint density at radius 2 is 2.11 bits per heavy atom. The summed E-state index contributed by atoms with van der Waals surface area (Å²) in [6, 6.07) is 4.36. The van der Waals surface area contributed by atoms with E-state index in [9.17, 15) is 0 Å². The Bertz CT molecular complexity index is 512. The number of rotatable bonds is 2. The highest BCUT2D eigenvalue weighted by Gasteiger charge is 2.46. The van der Waals surface area contributed by atoms with Crippen molar-refractivity contribution >= 4 is 15.9 Å². The maximum atomic E-state index is 6.74. The summed E-state index contributed by atoms with van der Waals surface area (Å²) in [6.07, 6.45) is 5.51. The molecule has 1 aromatic rings. The second-order valence-corrected chi connectivity index (χ2v) is 7.64. The van der Waals surface area contributed by atoms with Gasteiger partial charge in [-0.2, -0.15) is 0 Å². The minimum Gasteiger partial charge on any atom is -0.493 e. The van der Waals surface area contributed by atoms with E-state index in [1.807, 2.05) is 0 Å². The molecule has 19 heavy (non-hydrogen) atoms. The summed E-state index contributed by atoms with van der Waals surface area (Å²) >= 11 is 3.61. The van der Waals surface area contributed by atoms with Gasteiger partial charge in [-0.3, -0.25) is 0 Å². The molecule has 1 aliphatic heterocycles. The first-order chi connectivity index (χ1) is 8.91. The van der Waals surface area contributed by atoms with Gasteiger partial charge in [0.05, 0.1) is 6.61 Å². The molecule has 0 aromatic heterocycles. The normalized spacial score (nSPS) is 28.2. The number of fused-ring (bicyclic) bond motifs is 1. The lowest BCUT2D eigenvalue weighted by Crippen LogP contribution is -2.50. The summed E-state index contributed by atoms with van der Waals surface area (Å²) in [6.45, 7) is 5.41. The fourth-order valence-corrected chi connectivity index (χ4v) is 4.13. The van der Waals surface area contributed by atoms with Gasteiger partial charge in [0.15, 0.2) is 0 Å². The Balaban J connectivity index is 1.96. The number of hydrogen-bond donors (Lipinski definition) is 1. The van der Waals surface area contributed by atoms with Crippen molar-refractivity contribution in [2.75, 3.05) is 6.61 Å². The first kappa shape index (κ1) is 13.4. The smallest absolute Gasteiger partial charge is 0.125 e. The summed E-state index contributed by atoms with van der Waals surface area (Å²) in [5, 5.41) is 0. The van der Waals surface area contributed by atoms with Crippen molar-refractivity contribution < 1.29 is 4.74 Å². The van der Waals surface area contributed by atoms with E-state index in [0.717, 1.165) is 36.1 Å². The van der Waals surface area contributed by atoms with Gasteiger partial charge in [-0.05, 0) is 47.9 Å². The van der Waals surface area contributed by atoms with Crippen LogP contribution in [0.3, 0.4) is 0 Å². The van der Waals surface area contributed by atoms with Gasteiger partial charge in [-0.25, -0.2) is 0 Å². The molecule has 1 fully saturated rings. The molecule has 0 saturated heterocycles. The van der Waals surface area contributed by atoms with Crippen LogP contribution in [-0.4, -0.2) is 12.1 Å². The van der Waals surface area contributed by atoms with E-state index >= 15 is 0 Å². The largest absolute Gasteiger partial charge is 0.493 e. The molecule has 1 heterocycles. The molecule has 2 aliphatic rings. The van der Waals surface area contributed by atoms with Crippen molar-refractivity contribution in [3.63, 3.8) is 0 Å². The molecular weight excluding hydrogens is 302 g/mol. The van der Waals surface area contributed by atoms with Crippen LogP contribution in [0.1, 0.15) is 44.2 Å². The number of nitrogens with two attached hydrogens (primary N) is 1. The SMILES string of the molecule is CC1(C)CCCC1(N)Cc1cc(Br)cc2c1OCC2. The topological polar surface area (TPSA) is 35.2 Å². The first-order valence-corrected chi connectivity index (χ1v) is 7.94. The minimum atomic E-state index is -0.104. The average Bonchev–Trinajstić information content (AvgIpc) is 2.84. The lowest BCUT2D eigenvalue weighted by Gasteiger charge is -2.38. The van der Waals surface area contributed by atoms with E-state index in [-0.39, 0.29) is 11.0 Å². The molecule has 2 nitrogen and oxygen atoms in total. The molecule has 0 spiro atoms. The van der Waals surface area contributed by atoms with Crippen molar-refractivity contribution in [3.8, 4) is 5.75 Å². The highest BCUT2D eigenvalue weighted by atomic mass is 79.9. The average molecular weight is 324 g/mol. The molecule has 0 radical (unpaired) electrons. The fourth-order valence-electron chi connectivity index (χ4n) is 3.58. The Kier molecular flexibility index (Phi) is 3.18. The number of ether oxygens (including phenoxy) is 1. The van der Waals surface area contributed by atoms with Gasteiger partial charge in [0.2, 0.25) is 0 Å². The monoisotopic (exact) mass is 323 g/mol. The van der Waals surface area contributed by atoms with Crippen molar-refractivity contribution in [1.29, 1.82) is 0 Å². The number of hydrogen-bond acceptors (Lipinski definition) is 2. The van der Waals surface area contributed by atoms with Crippen LogP contribution < -0.4 is 10.5 Å². The zero-order chi connectivity index (χ0) is 13.7. The van der Waals surface area contributed by atoms with E-state index in [2.05, 4.69) is 41.9 Å². The van der Waals surface area contributed by atoms with Crippen LogP contribution >= 0.6 is 15.9 Å². The lowest BCUT2D eigenvalue weighted by molar-refractivity contribution is 0.205. The van der Waals surface area contributed by atoms with E-state index < -0.39 is 0 Å². The molecule has 0 bridgehead atoms. The van der Waals surface area contributed by atoms with Crippen molar-refractivity contribution in [1.82, 2.24) is 0 Å². The van der Waals surface area contributed by atoms with E-state index in [4.69, 9.17) is 10.5 Å². The molecule has 0 amide bonds. The zero-order valence-corrected chi connectivity index (χ0v) is 13.3. The molecule has 2 N–H and O–H groups in total. The number of halogens is 1. The van der Waals surface area contributed by atoms with Gasteiger partial charge < -0.3 is 10.5 Å². The third-order valence-electron chi connectivity index (χ3n) is 5.10. The molecule has 1 aromatic carbocycles. The highest BCUT2D eigenvalue weighted by molar-refractivity contribution is 9.10. The molecule has 104 valence electrons. The third kappa shape index (κ3) is 2.21. The summed E-state index contributed by atoms with van der Waals surface area (Å²) in [5.41, 5.74) is 9.45. The van der Waals surface area contributed by atoms with E-state index in [1.165, 1.54) is 24.0 Å². The lowest BCUT2D eigenvalue weighted by atomic mass is 9.72. The maximum absolute atomic E-state index is 6.74. The van der Waals surface area contributed by atoms with Crippen LogP contribution in [0.2, 0.25) is 0 Å². The fraction of sp³-hybridized carbons (Fsp3) is 0.625. The van der Waals surface area contributed by atoms with Gasteiger partial charge >= 0.3 is 0 Å². The van der Waals surface area contributed by atoms with Crippen LogP contribution in [0, 0.1) is 5.41 Å². The zero-order valence-electron chi connectivity index (χ0n) is 11.8. The predicted molar refractivity (Wildman–Crippen MR) is 81.6 cm³/mol. The van der Waals surface area contributed by atoms with Crippen LogP contribution in [0.4, 0.5) is 0 Å². The molecule has 1 atom stereocenters. The Morgan fingerprint density at radius 1 is 1.32 bits per heavy atom. The standard InChI is InChI=1S/C16H22BrNO/c1-15(2)5-3-6-16(15,18)10-12-9-13(17)8-11-4-7-19-14(11)12/h8-9H,3-7,10,18H2,1-2H3. The van der Waals surface area contributed by atoms with Crippen LogP contribution in [-0.2, 0) is 12.8 Å². The molecule has 3 rings (SSSR count). The summed E-state index contributed by atoms with van der Waals surface area (Å²) in [7, 11) is 0. The first-order valence-electron chi connectivity index (χ1n) is 7.14. The second kappa shape index (κ2) is 4.49. The van der Waals surface area contributed by atoms with E-state index in [1.54, 1.807) is 0 Å². The predicted octanol–water partition coefficient (Wildman–Crippen LogP) is 3.83. The number of benzene rings is 1. The summed E-state index contributed by atoms with van der Waals surface area (Å²) in [5.74, 6) is 1.09. The van der Waals surface area contributed by atoms with Gasteiger partial charge in [0.1, 0.15) is 5.75 Å². The quantitative estimate of drug-likeness (QED) is 0.897. The Labute approximate surface area is 123 Å². The van der Waals surface area contributed by atoms with Crippen molar-refractivity contribution in [2.45, 2.75) is 51.5 Å². The highest BCUT2D eigenvalue weighted by Crippen LogP contribution is 2.47. The molecule has 1 aliphatic carbocycles. The van der Waals surface area contributed by atoms with Crippen LogP contribution in [0.25, 0.3) is 0 Å². The van der Waals surface area contributed by atoms with Crippen molar-refractivity contribution in [2.24, 2.45) is 11.1 Å². The van der Waals surface area contributed by atoms with Gasteiger partial charge in [0.25, 0.3) is 0 Å². The van der Waals surface area contributed by atoms with Crippen LogP contribution in [0.5, 0.6) is 5.75 Å². The minimum absolute atomic E-state index is 0.104. The third-order valence-corrected chi connectivity index (χ3v) is 5.56. The van der Waals surface area contributed by atoms with Crippen molar-refractivity contribution in [3.05, 3.63) is 27.7 Å². The Hall–Kier alpha value is -0.540. The molecule has 1 saturated carbocycles. The summed E-state index contributed by atoms with van der Waals surface area (Å²) in [4.78, 5) is 0. The Morgan fingerprint density at radius 3 is 2.79 bits per heavy atom. The maximum Gasteiger partial charge on any atom is 0.125 e. The summed E-state index contributed by atoms with van der Waals surface area (Å²) < 4.78 is 6.98. The van der Waals surface area contributed by atoms with E-state index in [0.29, 0.717) is 0 Å². The van der Waals surface area contributed by atoms with Crippen LogP contribution in [0.15, 0.2) is 16.6 Å². The van der Waals surface area contributed by atoms with Gasteiger partial charge in [-0.15, -0.1) is 0 Å². The van der Waals surface area contributed by atoms with Gasteiger partial charge in [-0.1, -0.05) is 36.2 Å². The molecular formula is C16H22BrNO. The van der Waals surface area contributed by atoms with Gasteiger partial charge in [0, 0.05) is 16.4 Å². The molecule has 3 heteroatoms. The second-order valence-electron chi connectivity index (χ2n) is 6.72. The molecule has 1 unspecified atom stereocenters.